The Morgan fingerprint density at radius 3 is 1.78 bits per heavy atom. The molecule has 0 spiro atoms. The van der Waals surface area contributed by atoms with Crippen LogP contribution < -0.4 is 5.73 Å². The van der Waals surface area contributed by atoms with Gasteiger partial charge in [0.1, 0.15) is 0 Å². The van der Waals surface area contributed by atoms with E-state index in [1.54, 1.807) is 0 Å². The summed E-state index contributed by atoms with van der Waals surface area (Å²) in [7, 11) is 2.35. The van der Waals surface area contributed by atoms with Gasteiger partial charge in [-0.3, -0.25) is 4.90 Å². The maximum absolute atomic E-state index is 6.20. The Morgan fingerprint density at radius 2 is 1.22 bits per heavy atom. The Morgan fingerprint density at radius 1 is 0.722 bits per heavy atom. The molecule has 102 valence electrons. The van der Waals surface area contributed by atoms with Crippen LogP contribution in [-0.4, -0.2) is 53.1 Å². The molecule has 0 radical (unpaired) electrons. The minimum Gasteiger partial charge on any atom is -0.328 e. The molecule has 4 fully saturated rings. The first kappa shape index (κ1) is 11.7. The average Bonchev–Trinajstić information content (AvgIpc) is 2.73. The highest BCUT2D eigenvalue weighted by atomic mass is 15.3. The molecule has 4 bridgehead atoms. The summed E-state index contributed by atoms with van der Waals surface area (Å²) in [6.45, 7) is 0. The third-order valence-electron chi connectivity index (χ3n) is 6.32. The van der Waals surface area contributed by atoms with Crippen LogP contribution in [0.1, 0.15) is 51.4 Å². The zero-order chi connectivity index (χ0) is 12.3. The third kappa shape index (κ3) is 1.67. The lowest BCUT2D eigenvalue weighted by atomic mass is 9.90. The molecule has 4 rings (SSSR count). The van der Waals surface area contributed by atoms with Crippen LogP contribution in [0, 0.1) is 0 Å². The fourth-order valence-electron chi connectivity index (χ4n) is 5.48. The Kier molecular flexibility index (Phi) is 2.72. The summed E-state index contributed by atoms with van der Waals surface area (Å²) >= 11 is 0. The van der Waals surface area contributed by atoms with Crippen LogP contribution in [-0.2, 0) is 0 Å². The Hall–Kier alpha value is -0.120. The molecule has 4 aliphatic rings. The second kappa shape index (κ2) is 4.19. The van der Waals surface area contributed by atoms with Crippen molar-refractivity contribution in [2.45, 2.75) is 87.6 Å². The molecule has 0 amide bonds. The highest BCUT2D eigenvalue weighted by Gasteiger charge is 2.47. The van der Waals surface area contributed by atoms with E-state index in [9.17, 15) is 0 Å². The van der Waals surface area contributed by atoms with Crippen LogP contribution in [0.15, 0.2) is 0 Å². The Bertz CT molecular complexity index is 304. The van der Waals surface area contributed by atoms with Crippen molar-refractivity contribution in [3.8, 4) is 0 Å². The fourth-order valence-corrected chi connectivity index (χ4v) is 5.48. The van der Waals surface area contributed by atoms with Gasteiger partial charge in [0.15, 0.2) is 0 Å². The van der Waals surface area contributed by atoms with Crippen molar-refractivity contribution in [1.82, 2.24) is 9.80 Å². The van der Waals surface area contributed by atoms with Crippen LogP contribution in [0.4, 0.5) is 0 Å². The van der Waals surface area contributed by atoms with Crippen molar-refractivity contribution < 1.29 is 0 Å². The van der Waals surface area contributed by atoms with Gasteiger partial charge in [0.05, 0.1) is 0 Å². The lowest BCUT2D eigenvalue weighted by molar-refractivity contribution is 0.0199. The van der Waals surface area contributed by atoms with Gasteiger partial charge >= 0.3 is 0 Å². The summed E-state index contributed by atoms with van der Waals surface area (Å²) in [5.74, 6) is 0. The highest BCUT2D eigenvalue weighted by Crippen LogP contribution is 2.43. The number of rotatable bonds is 1. The predicted molar refractivity (Wildman–Crippen MR) is 73.5 cm³/mol. The summed E-state index contributed by atoms with van der Waals surface area (Å²) in [5, 5.41) is 0. The van der Waals surface area contributed by atoms with Gasteiger partial charge in [-0.2, -0.15) is 0 Å². The van der Waals surface area contributed by atoms with Crippen molar-refractivity contribution in [3.05, 3.63) is 0 Å². The average molecular weight is 249 g/mol. The van der Waals surface area contributed by atoms with Gasteiger partial charge in [-0.25, -0.2) is 0 Å². The summed E-state index contributed by atoms with van der Waals surface area (Å²) in [6, 6.07) is 4.77. The molecule has 4 aliphatic heterocycles. The smallest absolute Gasteiger partial charge is 0.0131 e. The molecule has 0 aromatic heterocycles. The van der Waals surface area contributed by atoms with E-state index in [-0.39, 0.29) is 0 Å². The number of hydrogen-bond donors (Lipinski definition) is 1. The second-order valence-corrected chi connectivity index (χ2v) is 7.24. The van der Waals surface area contributed by atoms with Gasteiger partial charge in [0.2, 0.25) is 0 Å². The lowest BCUT2D eigenvalue weighted by Crippen LogP contribution is -2.56. The van der Waals surface area contributed by atoms with Crippen molar-refractivity contribution >= 4 is 0 Å². The number of fused-ring (bicyclic) bond motifs is 4. The van der Waals surface area contributed by atoms with Crippen LogP contribution in [0.25, 0.3) is 0 Å². The first-order chi connectivity index (χ1) is 8.72. The molecule has 2 N–H and O–H groups in total. The fraction of sp³-hybridized carbons (Fsp3) is 1.00. The van der Waals surface area contributed by atoms with Crippen molar-refractivity contribution in [1.29, 1.82) is 0 Å². The molecule has 18 heavy (non-hydrogen) atoms. The summed E-state index contributed by atoms with van der Waals surface area (Å²) in [5.41, 5.74) is 6.20. The van der Waals surface area contributed by atoms with Crippen LogP contribution in [0.3, 0.4) is 0 Å². The minimum absolute atomic E-state index is 0.488. The van der Waals surface area contributed by atoms with Crippen molar-refractivity contribution in [2.24, 2.45) is 5.73 Å². The Labute approximate surface area is 111 Å². The van der Waals surface area contributed by atoms with E-state index < -0.39 is 0 Å². The summed E-state index contributed by atoms with van der Waals surface area (Å²) < 4.78 is 0. The molecule has 4 atom stereocenters. The molecule has 4 heterocycles. The van der Waals surface area contributed by atoms with E-state index in [2.05, 4.69) is 16.8 Å². The molecule has 3 heteroatoms. The third-order valence-corrected chi connectivity index (χ3v) is 6.32. The number of piperidine rings is 2. The monoisotopic (exact) mass is 249 g/mol. The largest absolute Gasteiger partial charge is 0.328 e. The van der Waals surface area contributed by atoms with Crippen LogP contribution in [0.5, 0.6) is 0 Å². The first-order valence-corrected chi connectivity index (χ1v) is 7.97. The van der Waals surface area contributed by atoms with Crippen molar-refractivity contribution in [2.75, 3.05) is 7.05 Å². The van der Waals surface area contributed by atoms with E-state index >= 15 is 0 Å². The summed E-state index contributed by atoms with van der Waals surface area (Å²) in [6.07, 6.45) is 11.1. The molecular weight excluding hydrogens is 222 g/mol. The highest BCUT2D eigenvalue weighted by molar-refractivity contribution is 5.04. The van der Waals surface area contributed by atoms with E-state index in [4.69, 9.17) is 5.73 Å². The lowest BCUT2D eigenvalue weighted by Gasteiger charge is -2.47. The zero-order valence-electron chi connectivity index (χ0n) is 11.6. The molecular formula is C15H27N3. The maximum atomic E-state index is 6.20. The van der Waals surface area contributed by atoms with Gasteiger partial charge < -0.3 is 10.6 Å². The second-order valence-electron chi connectivity index (χ2n) is 7.24. The van der Waals surface area contributed by atoms with Gasteiger partial charge in [0.25, 0.3) is 0 Å². The minimum atomic E-state index is 0.488. The molecule has 0 aromatic carbocycles. The predicted octanol–water partition coefficient (Wildman–Crippen LogP) is 1.57. The maximum Gasteiger partial charge on any atom is 0.0131 e. The van der Waals surface area contributed by atoms with Gasteiger partial charge in [0, 0.05) is 36.3 Å². The van der Waals surface area contributed by atoms with E-state index in [1.807, 2.05) is 0 Å². The topological polar surface area (TPSA) is 32.5 Å². The molecule has 0 aromatic rings. The van der Waals surface area contributed by atoms with E-state index in [1.165, 1.54) is 51.4 Å². The Balaban J connectivity index is 1.52. The normalized spacial score (nSPS) is 53.0. The van der Waals surface area contributed by atoms with Crippen LogP contribution in [0.2, 0.25) is 0 Å². The van der Waals surface area contributed by atoms with Crippen LogP contribution >= 0.6 is 0 Å². The molecule has 0 aliphatic carbocycles. The SMILES string of the molecule is CN1C2CCC1CC(N1C3CCC1CC(N)C3)C2. The first-order valence-electron chi connectivity index (χ1n) is 7.97. The quantitative estimate of drug-likeness (QED) is 0.765. The summed E-state index contributed by atoms with van der Waals surface area (Å²) in [4.78, 5) is 5.58. The zero-order valence-corrected chi connectivity index (χ0v) is 11.6. The van der Waals surface area contributed by atoms with Gasteiger partial charge in [-0.15, -0.1) is 0 Å². The van der Waals surface area contributed by atoms with Gasteiger partial charge in [-0.1, -0.05) is 0 Å². The molecule has 0 saturated carbocycles. The van der Waals surface area contributed by atoms with Crippen molar-refractivity contribution in [3.63, 3.8) is 0 Å². The number of hydrogen-bond acceptors (Lipinski definition) is 3. The van der Waals surface area contributed by atoms with E-state index in [0.29, 0.717) is 6.04 Å². The van der Waals surface area contributed by atoms with E-state index in [0.717, 1.165) is 30.2 Å². The standard InChI is InChI=1S/C15H27N3/c1-17-11-2-3-12(17)9-15(8-11)18-13-4-5-14(18)7-10(16)6-13/h10-15H,2-9,16H2,1H3. The van der Waals surface area contributed by atoms with Gasteiger partial charge in [-0.05, 0) is 58.4 Å². The molecule has 4 saturated heterocycles. The number of nitrogens with zero attached hydrogens (tertiary/aromatic N) is 2. The molecule has 4 unspecified atom stereocenters. The molecule has 3 nitrogen and oxygen atoms in total. The number of nitrogens with two attached hydrogens (primary N) is 1.